The van der Waals surface area contributed by atoms with E-state index in [1.807, 2.05) is 22.4 Å². The van der Waals surface area contributed by atoms with E-state index in [0.29, 0.717) is 42.2 Å². The lowest BCUT2D eigenvalue weighted by Gasteiger charge is -2.19. The highest BCUT2D eigenvalue weighted by Gasteiger charge is 2.24. The summed E-state index contributed by atoms with van der Waals surface area (Å²) in [4.78, 5) is 27.7. The second-order valence-electron chi connectivity index (χ2n) is 7.57. The number of nitrogens with zero attached hydrogens (tertiary/aromatic N) is 3. The second-order valence-corrected chi connectivity index (χ2v) is 8.51. The summed E-state index contributed by atoms with van der Waals surface area (Å²) in [5, 5.41) is 16.0. The minimum Gasteiger partial charge on any atom is -0.419 e. The molecule has 1 aliphatic rings. The van der Waals surface area contributed by atoms with Gasteiger partial charge in [-0.3, -0.25) is 14.5 Å². The molecule has 1 aliphatic carbocycles. The first kappa shape index (κ1) is 21.2. The largest absolute Gasteiger partial charge is 0.419 e. The van der Waals surface area contributed by atoms with Gasteiger partial charge in [-0.2, -0.15) is 0 Å². The molecular formula is C22H25N5O3S. The number of carbonyl (C=O) groups is 2. The molecule has 0 unspecified atom stereocenters. The monoisotopic (exact) mass is 439 g/mol. The highest BCUT2D eigenvalue weighted by Crippen LogP contribution is 2.23. The Morgan fingerprint density at radius 1 is 1.23 bits per heavy atom. The molecule has 0 spiro atoms. The minimum absolute atomic E-state index is 0.107. The topological polar surface area (TPSA) is 100 Å². The van der Waals surface area contributed by atoms with Gasteiger partial charge in [0.1, 0.15) is 0 Å². The smallest absolute Gasteiger partial charge is 0.257 e. The number of hydrogen-bond donors (Lipinski definition) is 2. The van der Waals surface area contributed by atoms with Crippen molar-refractivity contribution in [3.05, 3.63) is 53.2 Å². The van der Waals surface area contributed by atoms with Crippen molar-refractivity contribution in [1.29, 1.82) is 0 Å². The zero-order chi connectivity index (χ0) is 21.6. The van der Waals surface area contributed by atoms with Crippen molar-refractivity contribution in [1.82, 2.24) is 20.4 Å². The van der Waals surface area contributed by atoms with E-state index in [1.54, 1.807) is 24.3 Å². The van der Waals surface area contributed by atoms with Crippen LogP contribution in [0.4, 0.5) is 5.69 Å². The van der Waals surface area contributed by atoms with Crippen molar-refractivity contribution in [3.8, 4) is 10.8 Å². The number of carbonyl (C=O) groups excluding carboxylic acids is 2. The van der Waals surface area contributed by atoms with E-state index in [1.165, 1.54) is 11.3 Å². The lowest BCUT2D eigenvalue weighted by atomic mass is 10.2. The zero-order valence-corrected chi connectivity index (χ0v) is 18.2. The van der Waals surface area contributed by atoms with Gasteiger partial charge in [-0.1, -0.05) is 19.1 Å². The number of nitrogens with one attached hydrogen (secondary N) is 2. The van der Waals surface area contributed by atoms with Crippen molar-refractivity contribution in [2.45, 2.75) is 38.8 Å². The second kappa shape index (κ2) is 9.84. The van der Waals surface area contributed by atoms with E-state index in [9.17, 15) is 9.59 Å². The summed E-state index contributed by atoms with van der Waals surface area (Å²) in [6.07, 6.45) is 2.95. The fourth-order valence-electron chi connectivity index (χ4n) is 3.18. The molecule has 2 aromatic heterocycles. The summed E-state index contributed by atoms with van der Waals surface area (Å²) in [5.41, 5.74) is 1.14. The predicted octanol–water partition coefficient (Wildman–Crippen LogP) is 3.54. The standard InChI is InChI=1S/C22H25N5O3S/c1-2-10-27(14-20-25-26-22(30-20)18-7-4-11-31-18)13-19(28)23-17-6-3-5-15(12-17)21(29)24-16-8-9-16/h3-7,11-12,16H,2,8-10,13-14H2,1H3,(H,23,28)(H,24,29). The molecule has 162 valence electrons. The third-order valence-electron chi connectivity index (χ3n) is 4.79. The molecule has 2 N–H and O–H groups in total. The molecule has 1 saturated carbocycles. The van der Waals surface area contributed by atoms with Gasteiger partial charge in [0.05, 0.1) is 18.0 Å². The quantitative estimate of drug-likeness (QED) is 0.501. The SMILES string of the molecule is CCCN(CC(=O)Nc1cccc(C(=O)NC2CC2)c1)Cc1nnc(-c2cccs2)o1. The van der Waals surface area contributed by atoms with Crippen molar-refractivity contribution in [2.24, 2.45) is 0 Å². The van der Waals surface area contributed by atoms with Crippen LogP contribution < -0.4 is 10.6 Å². The molecule has 9 heteroatoms. The van der Waals surface area contributed by atoms with E-state index in [4.69, 9.17) is 4.42 Å². The van der Waals surface area contributed by atoms with Gasteiger partial charge in [-0.05, 0) is 55.5 Å². The number of amides is 2. The van der Waals surface area contributed by atoms with Gasteiger partial charge in [-0.25, -0.2) is 0 Å². The molecule has 8 nitrogen and oxygen atoms in total. The molecule has 31 heavy (non-hydrogen) atoms. The van der Waals surface area contributed by atoms with E-state index < -0.39 is 0 Å². The highest BCUT2D eigenvalue weighted by molar-refractivity contribution is 7.13. The molecule has 2 amide bonds. The number of thiophene rings is 1. The van der Waals surface area contributed by atoms with E-state index in [-0.39, 0.29) is 18.4 Å². The maximum absolute atomic E-state index is 12.6. The summed E-state index contributed by atoms with van der Waals surface area (Å²) >= 11 is 1.54. The van der Waals surface area contributed by atoms with Gasteiger partial charge in [0.2, 0.25) is 11.8 Å². The van der Waals surface area contributed by atoms with Crippen LogP contribution in [0.1, 0.15) is 42.4 Å². The minimum atomic E-state index is -0.161. The van der Waals surface area contributed by atoms with Crippen LogP contribution in [0.2, 0.25) is 0 Å². The van der Waals surface area contributed by atoms with Crippen LogP contribution in [0.15, 0.2) is 46.2 Å². The number of hydrogen-bond acceptors (Lipinski definition) is 7. The zero-order valence-electron chi connectivity index (χ0n) is 17.3. The van der Waals surface area contributed by atoms with Crippen molar-refractivity contribution in [2.75, 3.05) is 18.4 Å². The predicted molar refractivity (Wildman–Crippen MR) is 119 cm³/mol. The molecule has 0 saturated heterocycles. The maximum Gasteiger partial charge on any atom is 0.257 e. The van der Waals surface area contributed by atoms with Crippen molar-refractivity contribution < 1.29 is 14.0 Å². The molecule has 0 aliphatic heterocycles. The van der Waals surface area contributed by atoms with Crippen LogP contribution in [-0.4, -0.2) is 46.0 Å². The summed E-state index contributed by atoms with van der Waals surface area (Å²) in [7, 11) is 0. The Balaban J connectivity index is 1.34. The Hall–Kier alpha value is -3.04. The van der Waals surface area contributed by atoms with E-state index in [2.05, 4.69) is 27.8 Å². The van der Waals surface area contributed by atoms with Crippen LogP contribution in [-0.2, 0) is 11.3 Å². The number of anilines is 1. The average molecular weight is 440 g/mol. The molecule has 0 bridgehead atoms. The van der Waals surface area contributed by atoms with Gasteiger partial charge in [-0.15, -0.1) is 21.5 Å². The van der Waals surface area contributed by atoms with Crippen LogP contribution in [0.25, 0.3) is 10.8 Å². The fraction of sp³-hybridized carbons (Fsp3) is 0.364. The van der Waals surface area contributed by atoms with Crippen LogP contribution >= 0.6 is 11.3 Å². The van der Waals surface area contributed by atoms with Gasteiger partial charge >= 0.3 is 0 Å². The summed E-state index contributed by atoms with van der Waals surface area (Å²) in [5.74, 6) is 0.700. The van der Waals surface area contributed by atoms with Gasteiger partial charge in [0.25, 0.3) is 11.8 Å². The molecule has 1 fully saturated rings. The maximum atomic E-state index is 12.6. The number of aromatic nitrogens is 2. The van der Waals surface area contributed by atoms with Gasteiger partial charge in [0, 0.05) is 17.3 Å². The van der Waals surface area contributed by atoms with Crippen molar-refractivity contribution >= 4 is 28.8 Å². The Bertz CT molecular complexity index is 1030. The van der Waals surface area contributed by atoms with Gasteiger partial charge < -0.3 is 15.1 Å². The molecule has 2 heterocycles. The first-order chi connectivity index (χ1) is 15.1. The first-order valence-electron chi connectivity index (χ1n) is 10.4. The first-order valence-corrected chi connectivity index (χ1v) is 11.3. The molecule has 0 atom stereocenters. The summed E-state index contributed by atoms with van der Waals surface area (Å²) < 4.78 is 5.75. The molecule has 3 aromatic rings. The molecular weight excluding hydrogens is 414 g/mol. The van der Waals surface area contributed by atoms with Gasteiger partial charge in [0.15, 0.2) is 0 Å². The Morgan fingerprint density at radius 3 is 2.84 bits per heavy atom. The highest BCUT2D eigenvalue weighted by atomic mass is 32.1. The lowest BCUT2D eigenvalue weighted by Crippen LogP contribution is -2.33. The Morgan fingerprint density at radius 2 is 2.10 bits per heavy atom. The summed E-state index contributed by atoms with van der Waals surface area (Å²) in [6, 6.07) is 11.1. The third kappa shape index (κ3) is 5.99. The van der Waals surface area contributed by atoms with Crippen molar-refractivity contribution in [3.63, 3.8) is 0 Å². The molecule has 1 aromatic carbocycles. The summed E-state index contributed by atoms with van der Waals surface area (Å²) in [6.45, 7) is 3.35. The van der Waals surface area contributed by atoms with Crippen LogP contribution in [0, 0.1) is 0 Å². The molecule has 0 radical (unpaired) electrons. The number of rotatable bonds is 10. The van der Waals surface area contributed by atoms with E-state index in [0.717, 1.165) is 24.1 Å². The normalized spacial score (nSPS) is 13.4. The van der Waals surface area contributed by atoms with Crippen LogP contribution in [0.5, 0.6) is 0 Å². The Kier molecular flexibility index (Phi) is 6.73. The molecule has 4 rings (SSSR count). The Labute approximate surface area is 184 Å². The lowest BCUT2D eigenvalue weighted by molar-refractivity contribution is -0.117. The number of benzene rings is 1. The van der Waals surface area contributed by atoms with E-state index >= 15 is 0 Å². The average Bonchev–Trinajstić information content (AvgIpc) is 3.20. The van der Waals surface area contributed by atoms with Crippen LogP contribution in [0.3, 0.4) is 0 Å². The third-order valence-corrected chi connectivity index (χ3v) is 5.64. The fourth-order valence-corrected chi connectivity index (χ4v) is 3.82.